The first-order chi connectivity index (χ1) is 9.58. The lowest BCUT2D eigenvalue weighted by Gasteiger charge is -2.26. The van der Waals surface area contributed by atoms with Gasteiger partial charge in [-0.25, -0.2) is 4.39 Å². The Bertz CT molecular complexity index is 515. The normalized spacial score (nSPS) is 14.9. The Labute approximate surface area is 115 Å². The number of nitrogens with zero attached hydrogens (tertiary/aromatic N) is 2. The molecule has 1 aromatic rings. The van der Waals surface area contributed by atoms with Crippen molar-refractivity contribution < 1.29 is 18.8 Å². The quantitative estimate of drug-likeness (QED) is 0.626. The van der Waals surface area contributed by atoms with E-state index in [1.807, 2.05) is 0 Å². The molecule has 0 bridgehead atoms. The van der Waals surface area contributed by atoms with Crippen molar-refractivity contribution in [3.63, 3.8) is 0 Å². The largest absolute Gasteiger partial charge is 0.477 e. The van der Waals surface area contributed by atoms with Gasteiger partial charge in [-0.1, -0.05) is 0 Å². The van der Waals surface area contributed by atoms with Crippen LogP contribution in [0.2, 0.25) is 0 Å². The second kappa shape index (κ2) is 6.31. The van der Waals surface area contributed by atoms with Crippen LogP contribution in [0.1, 0.15) is 19.3 Å². The summed E-state index contributed by atoms with van der Waals surface area (Å²) in [6.07, 6.45) is 3.00. The number of nitro groups is 1. The van der Waals surface area contributed by atoms with Gasteiger partial charge in [0.2, 0.25) is 5.75 Å². The molecule has 20 heavy (non-hydrogen) atoms. The van der Waals surface area contributed by atoms with Gasteiger partial charge < -0.3 is 9.64 Å². The number of ether oxygens (including phenoxy) is 1. The molecule has 1 aliphatic rings. The van der Waals surface area contributed by atoms with E-state index in [0.29, 0.717) is 13.1 Å². The Morgan fingerprint density at radius 3 is 2.70 bits per heavy atom. The van der Waals surface area contributed by atoms with Gasteiger partial charge in [-0.3, -0.25) is 14.9 Å². The lowest BCUT2D eigenvalue weighted by Crippen LogP contribution is -2.38. The van der Waals surface area contributed by atoms with Gasteiger partial charge in [0.25, 0.3) is 5.91 Å². The Morgan fingerprint density at radius 1 is 1.35 bits per heavy atom. The lowest BCUT2D eigenvalue weighted by molar-refractivity contribution is -0.385. The smallest absolute Gasteiger partial charge is 0.311 e. The highest BCUT2D eigenvalue weighted by atomic mass is 19.1. The number of carbonyl (C=O) groups is 1. The monoisotopic (exact) mass is 282 g/mol. The predicted octanol–water partition coefficient (Wildman–Crippen LogP) is 2.13. The number of carbonyl (C=O) groups excluding carboxylic acids is 1. The molecule has 1 heterocycles. The first kappa shape index (κ1) is 14.2. The van der Waals surface area contributed by atoms with Gasteiger partial charge in [-0.15, -0.1) is 0 Å². The molecule has 1 amide bonds. The standard InChI is InChI=1S/C13H15FN2O4/c14-10-4-5-11(16(18)19)12(8-10)20-9-13(17)15-6-2-1-3-7-15/h4-5,8H,1-3,6-7,9H2. The molecular weight excluding hydrogens is 267 g/mol. The van der Waals surface area contributed by atoms with Crippen LogP contribution in [0.4, 0.5) is 10.1 Å². The summed E-state index contributed by atoms with van der Waals surface area (Å²) >= 11 is 0. The van der Waals surface area contributed by atoms with E-state index in [-0.39, 0.29) is 24.0 Å². The number of hydrogen-bond donors (Lipinski definition) is 0. The second-order valence-electron chi connectivity index (χ2n) is 4.60. The number of piperidine rings is 1. The van der Waals surface area contributed by atoms with Crippen molar-refractivity contribution in [3.05, 3.63) is 34.1 Å². The van der Waals surface area contributed by atoms with Gasteiger partial charge in [-0.2, -0.15) is 0 Å². The van der Waals surface area contributed by atoms with Crippen LogP contribution in [-0.2, 0) is 4.79 Å². The molecule has 0 saturated carbocycles. The van der Waals surface area contributed by atoms with Crippen LogP contribution in [0, 0.1) is 15.9 Å². The summed E-state index contributed by atoms with van der Waals surface area (Å²) in [6, 6.07) is 2.93. The first-order valence-electron chi connectivity index (χ1n) is 6.42. The van der Waals surface area contributed by atoms with Crippen LogP contribution in [-0.4, -0.2) is 35.4 Å². The number of likely N-dealkylation sites (tertiary alicyclic amines) is 1. The van der Waals surface area contributed by atoms with E-state index in [4.69, 9.17) is 4.74 Å². The van der Waals surface area contributed by atoms with Crippen molar-refractivity contribution in [2.24, 2.45) is 0 Å². The molecule has 0 aliphatic carbocycles. The molecule has 1 saturated heterocycles. The van der Waals surface area contributed by atoms with E-state index < -0.39 is 10.7 Å². The average molecular weight is 282 g/mol. The molecule has 0 aromatic heterocycles. The van der Waals surface area contributed by atoms with E-state index >= 15 is 0 Å². The summed E-state index contributed by atoms with van der Waals surface area (Å²) in [5.41, 5.74) is -0.349. The SMILES string of the molecule is O=C(COc1cc(F)ccc1[N+](=O)[O-])N1CCCCC1. The topological polar surface area (TPSA) is 72.7 Å². The van der Waals surface area contributed by atoms with Gasteiger partial charge >= 0.3 is 5.69 Å². The van der Waals surface area contributed by atoms with E-state index in [9.17, 15) is 19.3 Å². The molecule has 7 heteroatoms. The summed E-state index contributed by atoms with van der Waals surface area (Å²) in [6.45, 7) is 1.03. The molecule has 0 spiro atoms. The Balaban J connectivity index is 2.01. The third-order valence-corrected chi connectivity index (χ3v) is 3.18. The minimum Gasteiger partial charge on any atom is -0.477 e. The lowest BCUT2D eigenvalue weighted by atomic mass is 10.1. The molecule has 0 radical (unpaired) electrons. The molecule has 1 fully saturated rings. The first-order valence-corrected chi connectivity index (χ1v) is 6.42. The van der Waals surface area contributed by atoms with Crippen molar-refractivity contribution >= 4 is 11.6 Å². The number of hydrogen-bond acceptors (Lipinski definition) is 4. The fraction of sp³-hybridized carbons (Fsp3) is 0.462. The maximum atomic E-state index is 13.1. The molecule has 0 N–H and O–H groups in total. The van der Waals surface area contributed by atoms with Crippen LogP contribution >= 0.6 is 0 Å². The van der Waals surface area contributed by atoms with Crippen LogP contribution in [0.25, 0.3) is 0 Å². The molecule has 0 atom stereocenters. The fourth-order valence-corrected chi connectivity index (χ4v) is 2.13. The van der Waals surface area contributed by atoms with Gasteiger partial charge in [0, 0.05) is 25.2 Å². The average Bonchev–Trinajstić information content (AvgIpc) is 2.45. The highest BCUT2D eigenvalue weighted by molar-refractivity contribution is 5.78. The van der Waals surface area contributed by atoms with E-state index in [1.165, 1.54) is 0 Å². The predicted molar refractivity (Wildman–Crippen MR) is 69.0 cm³/mol. The number of nitro benzene ring substituents is 1. The molecule has 0 unspecified atom stereocenters. The summed E-state index contributed by atoms with van der Waals surface area (Å²) < 4.78 is 18.2. The summed E-state index contributed by atoms with van der Waals surface area (Å²) in [7, 11) is 0. The van der Waals surface area contributed by atoms with Crippen molar-refractivity contribution in [1.82, 2.24) is 4.90 Å². The highest BCUT2D eigenvalue weighted by Gasteiger charge is 2.20. The van der Waals surface area contributed by atoms with E-state index in [1.54, 1.807) is 4.90 Å². The molecule has 108 valence electrons. The zero-order valence-corrected chi connectivity index (χ0v) is 10.9. The van der Waals surface area contributed by atoms with Crippen molar-refractivity contribution in [2.75, 3.05) is 19.7 Å². The van der Waals surface area contributed by atoms with Crippen molar-refractivity contribution in [1.29, 1.82) is 0 Å². The number of rotatable bonds is 4. The maximum Gasteiger partial charge on any atom is 0.311 e. The molecule has 1 aliphatic heterocycles. The molecule has 1 aromatic carbocycles. The third-order valence-electron chi connectivity index (χ3n) is 3.18. The van der Waals surface area contributed by atoms with Gasteiger partial charge in [0.05, 0.1) is 4.92 Å². The highest BCUT2D eigenvalue weighted by Crippen LogP contribution is 2.27. The second-order valence-corrected chi connectivity index (χ2v) is 4.60. The van der Waals surface area contributed by atoms with Crippen molar-refractivity contribution in [3.8, 4) is 5.75 Å². The number of benzene rings is 1. The molecule has 6 nitrogen and oxygen atoms in total. The van der Waals surface area contributed by atoms with Crippen LogP contribution < -0.4 is 4.74 Å². The van der Waals surface area contributed by atoms with Crippen LogP contribution in [0.15, 0.2) is 18.2 Å². The zero-order chi connectivity index (χ0) is 14.5. The van der Waals surface area contributed by atoms with Crippen LogP contribution in [0.3, 0.4) is 0 Å². The minimum absolute atomic E-state index is 0.222. The van der Waals surface area contributed by atoms with Crippen molar-refractivity contribution in [2.45, 2.75) is 19.3 Å². The van der Waals surface area contributed by atoms with E-state index in [2.05, 4.69) is 0 Å². The summed E-state index contributed by atoms with van der Waals surface area (Å²) in [4.78, 5) is 23.7. The molecular formula is C13H15FN2O4. The van der Waals surface area contributed by atoms with Gasteiger partial charge in [0.15, 0.2) is 6.61 Å². The number of amides is 1. The Kier molecular flexibility index (Phi) is 4.49. The van der Waals surface area contributed by atoms with E-state index in [0.717, 1.165) is 37.5 Å². The summed E-state index contributed by atoms with van der Waals surface area (Å²) in [5.74, 6) is -1.10. The van der Waals surface area contributed by atoms with Gasteiger partial charge in [-0.05, 0) is 25.3 Å². The number of halogens is 1. The maximum absolute atomic E-state index is 13.1. The van der Waals surface area contributed by atoms with Crippen LogP contribution in [0.5, 0.6) is 5.75 Å². The molecule has 2 rings (SSSR count). The minimum atomic E-state index is -0.667. The fourth-order valence-electron chi connectivity index (χ4n) is 2.13. The zero-order valence-electron chi connectivity index (χ0n) is 10.9. The van der Waals surface area contributed by atoms with Gasteiger partial charge in [0.1, 0.15) is 5.82 Å². The third kappa shape index (κ3) is 3.43. The summed E-state index contributed by atoms with van der Waals surface area (Å²) in [5, 5.41) is 10.8. The Hall–Kier alpha value is -2.18. The Morgan fingerprint density at radius 2 is 2.05 bits per heavy atom.